The van der Waals surface area contributed by atoms with Crippen LogP contribution in [-0.2, 0) is 33.3 Å². The van der Waals surface area contributed by atoms with Crippen molar-refractivity contribution in [2.45, 2.75) is 139 Å². The lowest BCUT2D eigenvalue weighted by Crippen LogP contribution is -2.78. The standard InChI is InChI=1S/C46H58O11/c1-29-41(49)35(53-5)27-40(54-29)56-34-21-22-42(3)33(26-34)20-23-45(51)36(42)28-37(57-39(48)19-17-32-14-10-7-11-15-32)43(4)44(50,24-25-46(43,45)52)30(2)55-38(47)18-16-31-12-8-6-9-13-31/h6-20,29-30,34-37,40-41,49-52H,21-28H2,1-5H3. The molecule has 308 valence electrons. The molecular formula is C46H58O11. The van der Waals surface area contributed by atoms with Gasteiger partial charge in [0.1, 0.15) is 35.1 Å². The molecule has 2 aromatic rings. The Labute approximate surface area is 335 Å². The van der Waals surface area contributed by atoms with Crippen LogP contribution in [0.4, 0.5) is 0 Å². The number of carbonyl (C=O) groups excluding carboxylic acids is 2. The number of carbonyl (C=O) groups is 2. The molecule has 0 amide bonds. The van der Waals surface area contributed by atoms with Crippen molar-refractivity contribution in [3.05, 3.63) is 95.6 Å². The zero-order valence-corrected chi connectivity index (χ0v) is 33.6. The first-order chi connectivity index (χ1) is 27.1. The highest BCUT2D eigenvalue weighted by Crippen LogP contribution is 2.71. The quantitative estimate of drug-likeness (QED) is 0.133. The Morgan fingerprint density at radius 1 is 0.895 bits per heavy atom. The van der Waals surface area contributed by atoms with E-state index in [1.807, 2.05) is 66.7 Å². The van der Waals surface area contributed by atoms with Gasteiger partial charge < -0.3 is 44.1 Å². The van der Waals surface area contributed by atoms with Crippen LogP contribution in [0.15, 0.2) is 84.5 Å². The topological polar surface area (TPSA) is 161 Å². The number of rotatable bonds is 10. The van der Waals surface area contributed by atoms with Crippen LogP contribution in [0, 0.1) is 16.7 Å². The molecule has 0 aromatic heterocycles. The number of ether oxygens (including phenoxy) is 5. The van der Waals surface area contributed by atoms with E-state index in [0.717, 1.165) is 16.7 Å². The first-order valence-corrected chi connectivity index (χ1v) is 20.3. The van der Waals surface area contributed by atoms with Crippen LogP contribution in [0.3, 0.4) is 0 Å². The predicted octanol–water partition coefficient (Wildman–Crippen LogP) is 5.69. The Morgan fingerprint density at radius 3 is 2.16 bits per heavy atom. The van der Waals surface area contributed by atoms with Crippen molar-refractivity contribution in [3.8, 4) is 0 Å². The van der Waals surface area contributed by atoms with E-state index in [1.165, 1.54) is 12.2 Å². The molecule has 4 aliphatic carbocycles. The smallest absolute Gasteiger partial charge is 0.331 e. The summed E-state index contributed by atoms with van der Waals surface area (Å²) in [7, 11) is 1.57. The molecule has 0 radical (unpaired) electrons. The van der Waals surface area contributed by atoms with Crippen molar-refractivity contribution in [2.24, 2.45) is 16.7 Å². The van der Waals surface area contributed by atoms with Crippen molar-refractivity contribution >= 4 is 24.1 Å². The summed E-state index contributed by atoms with van der Waals surface area (Å²) in [5.41, 5.74) is -5.16. The van der Waals surface area contributed by atoms with Gasteiger partial charge in [-0.1, -0.05) is 86.2 Å². The van der Waals surface area contributed by atoms with Crippen LogP contribution in [0.1, 0.15) is 90.2 Å². The summed E-state index contributed by atoms with van der Waals surface area (Å²) in [6.07, 6.45) is 5.81. The Kier molecular flexibility index (Phi) is 11.5. The fourth-order valence-electron chi connectivity index (χ4n) is 11.1. The van der Waals surface area contributed by atoms with Crippen molar-refractivity contribution in [2.75, 3.05) is 7.11 Å². The maximum atomic E-state index is 13.7. The Bertz CT molecular complexity index is 1860. The van der Waals surface area contributed by atoms with Crippen LogP contribution in [0.25, 0.3) is 12.2 Å². The lowest BCUT2D eigenvalue weighted by Gasteiger charge is -2.67. The average Bonchev–Trinajstić information content (AvgIpc) is 3.43. The van der Waals surface area contributed by atoms with E-state index in [2.05, 4.69) is 6.92 Å². The fourth-order valence-corrected chi connectivity index (χ4v) is 11.1. The van der Waals surface area contributed by atoms with Gasteiger partial charge in [-0.2, -0.15) is 0 Å². The van der Waals surface area contributed by atoms with E-state index in [4.69, 9.17) is 23.7 Å². The fraction of sp³-hybridized carbons (Fsp3) is 0.565. The summed E-state index contributed by atoms with van der Waals surface area (Å²) < 4.78 is 30.2. The molecular weight excluding hydrogens is 728 g/mol. The maximum Gasteiger partial charge on any atom is 0.331 e. The van der Waals surface area contributed by atoms with E-state index in [-0.39, 0.29) is 31.8 Å². The van der Waals surface area contributed by atoms with Gasteiger partial charge in [-0.05, 0) is 87.5 Å². The molecule has 0 bridgehead atoms. The monoisotopic (exact) mass is 786 g/mol. The van der Waals surface area contributed by atoms with E-state index >= 15 is 0 Å². The SMILES string of the molecule is COC1CC(OC2CCC3(C)C(=CCC4(O)C3CC(OC(=O)C=Cc3ccccc3)C3(C)C(O)(C(C)OC(=O)C=Cc5ccccc5)CCC43O)C2)OC(C)C1O. The lowest BCUT2D eigenvalue weighted by atomic mass is 9.42. The lowest BCUT2D eigenvalue weighted by molar-refractivity contribution is -0.327. The van der Waals surface area contributed by atoms with Gasteiger partial charge in [0.25, 0.3) is 0 Å². The molecule has 7 rings (SSSR count). The molecule has 2 aromatic carbocycles. The minimum Gasteiger partial charge on any atom is -0.458 e. The molecule has 13 unspecified atom stereocenters. The van der Waals surface area contributed by atoms with Crippen LogP contribution < -0.4 is 0 Å². The van der Waals surface area contributed by atoms with Crippen molar-refractivity contribution < 1.29 is 53.7 Å². The van der Waals surface area contributed by atoms with Crippen LogP contribution in [0.2, 0.25) is 0 Å². The van der Waals surface area contributed by atoms with Gasteiger partial charge in [0.05, 0.1) is 23.7 Å². The van der Waals surface area contributed by atoms with Gasteiger partial charge >= 0.3 is 11.9 Å². The number of aliphatic hydroxyl groups excluding tert-OH is 1. The van der Waals surface area contributed by atoms with Gasteiger partial charge in [0.2, 0.25) is 0 Å². The summed E-state index contributed by atoms with van der Waals surface area (Å²) in [4.78, 5) is 26.9. The van der Waals surface area contributed by atoms with Gasteiger partial charge in [0.15, 0.2) is 6.29 Å². The van der Waals surface area contributed by atoms with E-state index in [1.54, 1.807) is 40.0 Å². The van der Waals surface area contributed by atoms with Crippen molar-refractivity contribution in [1.29, 1.82) is 0 Å². The molecule has 11 nitrogen and oxygen atoms in total. The molecule has 1 aliphatic heterocycles. The highest BCUT2D eigenvalue weighted by molar-refractivity contribution is 5.88. The Hall–Kier alpha value is -3.68. The first-order valence-electron chi connectivity index (χ1n) is 20.3. The zero-order chi connectivity index (χ0) is 40.8. The molecule has 4 fully saturated rings. The van der Waals surface area contributed by atoms with Crippen molar-refractivity contribution in [1.82, 2.24) is 0 Å². The molecule has 13 atom stereocenters. The van der Waals surface area contributed by atoms with Crippen LogP contribution in [-0.4, -0.2) is 99.2 Å². The summed E-state index contributed by atoms with van der Waals surface area (Å²) in [6, 6.07) is 18.6. The van der Waals surface area contributed by atoms with Crippen molar-refractivity contribution in [3.63, 3.8) is 0 Å². The summed E-state index contributed by atoms with van der Waals surface area (Å²) in [6.45, 7) is 7.15. The van der Waals surface area contributed by atoms with E-state index < -0.39 is 82.3 Å². The van der Waals surface area contributed by atoms with Gasteiger partial charge in [-0.3, -0.25) is 0 Å². The van der Waals surface area contributed by atoms with E-state index in [9.17, 15) is 30.0 Å². The minimum atomic E-state index is -1.95. The number of hydrogen-bond donors (Lipinski definition) is 4. The second-order valence-electron chi connectivity index (χ2n) is 17.3. The second-order valence-corrected chi connectivity index (χ2v) is 17.3. The third-order valence-corrected chi connectivity index (χ3v) is 14.6. The number of hydrogen-bond acceptors (Lipinski definition) is 11. The molecule has 1 saturated heterocycles. The normalized spacial score (nSPS) is 40.8. The number of methoxy groups -OCH3 is 1. The number of benzene rings is 2. The van der Waals surface area contributed by atoms with Crippen LogP contribution in [0.5, 0.6) is 0 Å². The van der Waals surface area contributed by atoms with Gasteiger partial charge in [-0.15, -0.1) is 0 Å². The summed E-state index contributed by atoms with van der Waals surface area (Å²) in [5, 5.41) is 49.5. The molecule has 11 heteroatoms. The number of esters is 2. The third kappa shape index (κ3) is 7.13. The largest absolute Gasteiger partial charge is 0.458 e. The Morgan fingerprint density at radius 2 is 1.53 bits per heavy atom. The second kappa shape index (κ2) is 15.8. The summed E-state index contributed by atoms with van der Waals surface area (Å²) >= 11 is 0. The molecule has 0 spiro atoms. The zero-order valence-electron chi connectivity index (χ0n) is 33.6. The first kappa shape index (κ1) is 41.5. The Balaban J connectivity index is 1.18. The highest BCUT2D eigenvalue weighted by atomic mass is 16.7. The van der Waals surface area contributed by atoms with Gasteiger partial charge in [0, 0.05) is 31.6 Å². The molecule has 5 aliphatic rings. The minimum absolute atomic E-state index is 0.0139. The average molecular weight is 787 g/mol. The van der Waals surface area contributed by atoms with E-state index in [0.29, 0.717) is 25.7 Å². The van der Waals surface area contributed by atoms with Gasteiger partial charge in [-0.25, -0.2) is 9.59 Å². The third-order valence-electron chi connectivity index (χ3n) is 14.6. The van der Waals surface area contributed by atoms with Crippen LogP contribution >= 0.6 is 0 Å². The maximum absolute atomic E-state index is 13.7. The molecule has 57 heavy (non-hydrogen) atoms. The molecule has 4 N–H and O–H groups in total. The predicted molar refractivity (Wildman–Crippen MR) is 212 cm³/mol. The highest BCUT2D eigenvalue weighted by Gasteiger charge is 2.81. The molecule has 1 heterocycles. The number of fused-ring (bicyclic) bond motifs is 5. The summed E-state index contributed by atoms with van der Waals surface area (Å²) in [5.74, 6) is -1.89. The molecule has 3 saturated carbocycles. The number of aliphatic hydroxyl groups is 4.